The Balaban J connectivity index is 3.08. The van der Waals surface area contributed by atoms with Crippen LogP contribution in [0, 0.1) is 5.92 Å². The summed E-state index contributed by atoms with van der Waals surface area (Å²) in [6.07, 6.45) is 7.96. The summed E-state index contributed by atoms with van der Waals surface area (Å²) in [4.78, 5) is 0. The molecule has 0 fully saturated rings. The highest BCUT2D eigenvalue weighted by Crippen LogP contribution is 2.11. The van der Waals surface area contributed by atoms with E-state index in [1.807, 2.05) is 0 Å². The predicted octanol–water partition coefficient (Wildman–Crippen LogP) is 3.06. The van der Waals surface area contributed by atoms with Gasteiger partial charge in [0.2, 0.25) is 0 Å². The van der Waals surface area contributed by atoms with Gasteiger partial charge in [0.15, 0.2) is 0 Å². The van der Waals surface area contributed by atoms with Gasteiger partial charge < -0.3 is 28.8 Å². The lowest BCUT2D eigenvalue weighted by atomic mass is 10.0. The summed E-state index contributed by atoms with van der Waals surface area (Å²) in [7, 11) is 0. The Morgan fingerprint density at radius 2 is 1.08 bits per heavy atom. The minimum atomic E-state index is 0.0479. The molecule has 158 valence electrons. The molecule has 0 radical (unpaired) electrons. The van der Waals surface area contributed by atoms with Crippen LogP contribution in [0.2, 0.25) is 0 Å². The molecule has 26 heavy (non-hydrogen) atoms. The van der Waals surface area contributed by atoms with Crippen molar-refractivity contribution >= 4 is 0 Å². The van der Waals surface area contributed by atoms with Gasteiger partial charge >= 0.3 is 0 Å². The SMILES string of the molecule is CCCCCCCC(C)COCCOCCOCCOCCOCCO. The van der Waals surface area contributed by atoms with E-state index in [0.717, 1.165) is 6.61 Å². The van der Waals surface area contributed by atoms with E-state index >= 15 is 0 Å². The lowest BCUT2D eigenvalue weighted by molar-refractivity contribution is -0.0152. The molecule has 0 bridgehead atoms. The van der Waals surface area contributed by atoms with E-state index < -0.39 is 0 Å². The fourth-order valence-electron chi connectivity index (χ4n) is 2.41. The summed E-state index contributed by atoms with van der Waals surface area (Å²) in [5.74, 6) is 0.633. The van der Waals surface area contributed by atoms with Gasteiger partial charge in [-0.3, -0.25) is 0 Å². The molecule has 0 amide bonds. The van der Waals surface area contributed by atoms with Crippen LogP contribution in [0.4, 0.5) is 0 Å². The first kappa shape index (κ1) is 25.8. The molecule has 0 aromatic carbocycles. The van der Waals surface area contributed by atoms with Crippen LogP contribution in [0.25, 0.3) is 0 Å². The highest BCUT2D eigenvalue weighted by atomic mass is 16.6. The molecule has 0 aromatic heterocycles. The lowest BCUT2D eigenvalue weighted by Gasteiger charge is -2.12. The van der Waals surface area contributed by atoms with Crippen molar-refractivity contribution in [2.45, 2.75) is 52.4 Å². The van der Waals surface area contributed by atoms with Gasteiger partial charge in [-0.2, -0.15) is 0 Å². The van der Waals surface area contributed by atoms with E-state index in [-0.39, 0.29) is 6.61 Å². The second-order valence-corrected chi connectivity index (χ2v) is 6.56. The summed E-state index contributed by atoms with van der Waals surface area (Å²) < 4.78 is 26.9. The Labute approximate surface area is 160 Å². The van der Waals surface area contributed by atoms with Gasteiger partial charge in [-0.1, -0.05) is 46.0 Å². The average Bonchev–Trinajstić information content (AvgIpc) is 2.64. The van der Waals surface area contributed by atoms with Crippen molar-refractivity contribution in [2.75, 3.05) is 72.7 Å². The van der Waals surface area contributed by atoms with Crippen molar-refractivity contribution in [3.05, 3.63) is 0 Å². The molecule has 0 saturated heterocycles. The molecule has 0 rings (SSSR count). The van der Waals surface area contributed by atoms with Gasteiger partial charge in [0.1, 0.15) is 0 Å². The molecule has 0 spiro atoms. The first-order valence-electron chi connectivity index (χ1n) is 10.3. The second-order valence-electron chi connectivity index (χ2n) is 6.56. The van der Waals surface area contributed by atoms with Crippen molar-refractivity contribution < 1.29 is 28.8 Å². The van der Waals surface area contributed by atoms with E-state index in [2.05, 4.69) is 13.8 Å². The molecule has 0 aliphatic heterocycles. The van der Waals surface area contributed by atoms with Crippen LogP contribution in [0.5, 0.6) is 0 Å². The normalized spacial score (nSPS) is 12.6. The van der Waals surface area contributed by atoms with Crippen LogP contribution in [0.1, 0.15) is 52.4 Å². The molecule has 6 nitrogen and oxygen atoms in total. The van der Waals surface area contributed by atoms with Crippen LogP contribution in [-0.4, -0.2) is 77.8 Å². The van der Waals surface area contributed by atoms with Gasteiger partial charge in [0.25, 0.3) is 0 Å². The van der Waals surface area contributed by atoms with Gasteiger partial charge in [0, 0.05) is 6.61 Å². The highest BCUT2D eigenvalue weighted by molar-refractivity contribution is 4.52. The van der Waals surface area contributed by atoms with Gasteiger partial charge in [-0.15, -0.1) is 0 Å². The van der Waals surface area contributed by atoms with E-state index in [0.29, 0.717) is 65.4 Å². The van der Waals surface area contributed by atoms with Crippen LogP contribution in [-0.2, 0) is 23.7 Å². The minimum Gasteiger partial charge on any atom is -0.394 e. The standard InChI is InChI=1S/C20H42O6/c1-3-4-5-6-7-8-20(2)19-26-18-17-25-16-15-24-14-13-23-12-11-22-10-9-21/h20-21H,3-19H2,1-2H3. The number of rotatable bonds is 22. The molecular weight excluding hydrogens is 336 g/mol. The molecule has 0 aliphatic rings. The number of hydrogen-bond acceptors (Lipinski definition) is 6. The Kier molecular flexibility index (Phi) is 22.6. The predicted molar refractivity (Wildman–Crippen MR) is 104 cm³/mol. The maximum absolute atomic E-state index is 8.53. The van der Waals surface area contributed by atoms with Gasteiger partial charge in [-0.05, 0) is 12.3 Å². The minimum absolute atomic E-state index is 0.0479. The molecule has 0 aromatic rings. The highest BCUT2D eigenvalue weighted by Gasteiger charge is 2.02. The summed E-state index contributed by atoms with van der Waals surface area (Å²) >= 11 is 0. The molecule has 0 heterocycles. The van der Waals surface area contributed by atoms with Crippen molar-refractivity contribution in [2.24, 2.45) is 5.92 Å². The van der Waals surface area contributed by atoms with E-state index in [1.165, 1.54) is 38.5 Å². The maximum Gasteiger partial charge on any atom is 0.0701 e. The van der Waals surface area contributed by atoms with Gasteiger partial charge in [0.05, 0.1) is 66.1 Å². The molecule has 0 saturated carbocycles. The molecule has 6 heteroatoms. The monoisotopic (exact) mass is 378 g/mol. The Bertz CT molecular complexity index is 252. The third-order valence-electron chi connectivity index (χ3n) is 3.93. The third kappa shape index (κ3) is 21.8. The van der Waals surface area contributed by atoms with Crippen molar-refractivity contribution in [3.8, 4) is 0 Å². The zero-order chi connectivity index (χ0) is 19.1. The fraction of sp³-hybridized carbons (Fsp3) is 1.00. The number of aliphatic hydroxyl groups is 1. The number of hydrogen-bond donors (Lipinski definition) is 1. The third-order valence-corrected chi connectivity index (χ3v) is 3.93. The van der Waals surface area contributed by atoms with Crippen molar-refractivity contribution in [3.63, 3.8) is 0 Å². The summed E-state index contributed by atoms with van der Waals surface area (Å²) in [6.45, 7) is 10.3. The zero-order valence-electron chi connectivity index (χ0n) is 17.1. The molecular formula is C20H42O6. The van der Waals surface area contributed by atoms with Crippen LogP contribution >= 0.6 is 0 Å². The van der Waals surface area contributed by atoms with Crippen LogP contribution < -0.4 is 0 Å². The van der Waals surface area contributed by atoms with E-state index in [9.17, 15) is 0 Å². The summed E-state index contributed by atoms with van der Waals surface area (Å²) in [5.41, 5.74) is 0. The molecule has 1 unspecified atom stereocenters. The fourth-order valence-corrected chi connectivity index (χ4v) is 2.41. The maximum atomic E-state index is 8.53. The Morgan fingerprint density at radius 1 is 0.615 bits per heavy atom. The van der Waals surface area contributed by atoms with E-state index in [1.54, 1.807) is 0 Å². The smallest absolute Gasteiger partial charge is 0.0701 e. The topological polar surface area (TPSA) is 66.4 Å². The quantitative estimate of drug-likeness (QED) is 0.292. The van der Waals surface area contributed by atoms with Gasteiger partial charge in [-0.25, -0.2) is 0 Å². The first-order chi connectivity index (χ1) is 12.8. The lowest BCUT2D eigenvalue weighted by Crippen LogP contribution is -2.14. The zero-order valence-corrected chi connectivity index (χ0v) is 17.1. The molecule has 0 aliphatic carbocycles. The number of unbranched alkanes of at least 4 members (excludes halogenated alkanes) is 4. The average molecular weight is 379 g/mol. The molecule has 1 atom stereocenters. The van der Waals surface area contributed by atoms with Crippen molar-refractivity contribution in [1.82, 2.24) is 0 Å². The second kappa shape index (κ2) is 22.8. The van der Waals surface area contributed by atoms with E-state index in [4.69, 9.17) is 28.8 Å². The van der Waals surface area contributed by atoms with Crippen molar-refractivity contribution in [1.29, 1.82) is 0 Å². The summed E-state index contributed by atoms with van der Waals surface area (Å²) in [5, 5.41) is 8.53. The number of aliphatic hydroxyl groups excluding tert-OH is 1. The van der Waals surface area contributed by atoms with Crippen LogP contribution in [0.3, 0.4) is 0 Å². The summed E-state index contributed by atoms with van der Waals surface area (Å²) in [6, 6.07) is 0. The Morgan fingerprint density at radius 3 is 1.58 bits per heavy atom. The Hall–Kier alpha value is -0.240. The largest absolute Gasteiger partial charge is 0.394 e. The first-order valence-corrected chi connectivity index (χ1v) is 10.3. The van der Waals surface area contributed by atoms with Crippen LogP contribution in [0.15, 0.2) is 0 Å². The number of ether oxygens (including phenoxy) is 5. The molecule has 1 N–H and O–H groups in total.